The SMILES string of the molecule is N#Cc1cnc2c(Nc3cc(F)c(F)c(C4N=C(N)SC5CC54)c3)nccc2c1. The second kappa shape index (κ2) is 6.67. The van der Waals surface area contributed by atoms with E-state index in [2.05, 4.69) is 20.3 Å². The first-order valence-electron chi connectivity index (χ1n) is 8.94. The van der Waals surface area contributed by atoms with Crippen molar-refractivity contribution in [1.29, 1.82) is 5.26 Å². The monoisotopic (exact) mass is 408 g/mol. The number of hydrogen-bond acceptors (Lipinski definition) is 7. The number of rotatable bonds is 3. The zero-order valence-corrected chi connectivity index (χ0v) is 15.8. The second-order valence-corrected chi connectivity index (χ2v) is 8.28. The van der Waals surface area contributed by atoms with Crippen LogP contribution in [-0.4, -0.2) is 20.4 Å². The minimum atomic E-state index is -0.964. The molecule has 1 aliphatic carbocycles. The number of nitrogens with zero attached hydrogens (tertiary/aromatic N) is 4. The number of nitrogens with two attached hydrogens (primary N) is 1. The molecule has 1 fully saturated rings. The van der Waals surface area contributed by atoms with Crippen LogP contribution in [0.2, 0.25) is 0 Å². The molecule has 144 valence electrons. The minimum Gasteiger partial charge on any atom is -0.379 e. The standard InChI is InChI=1S/C20H14F2N6S/c21-14-5-11(4-13(16(14)22)18-12-6-15(12)29-20(24)28-18)27-19-17-10(1-2-25-19)3-9(7-23)8-26-17/h1-5,8,12,15,18H,6H2,(H2,24,28)(H,25,27). The Morgan fingerprint density at radius 3 is 2.93 bits per heavy atom. The van der Waals surface area contributed by atoms with E-state index in [4.69, 9.17) is 11.0 Å². The minimum absolute atomic E-state index is 0.165. The van der Waals surface area contributed by atoms with E-state index < -0.39 is 17.7 Å². The molecule has 0 spiro atoms. The third kappa shape index (κ3) is 3.15. The van der Waals surface area contributed by atoms with Crippen molar-refractivity contribution in [3.63, 3.8) is 0 Å². The fourth-order valence-corrected chi connectivity index (χ4v) is 4.75. The third-order valence-electron chi connectivity index (χ3n) is 5.09. The maximum Gasteiger partial charge on any atom is 0.164 e. The zero-order valence-electron chi connectivity index (χ0n) is 14.9. The summed E-state index contributed by atoms with van der Waals surface area (Å²) in [5.74, 6) is -1.32. The third-order valence-corrected chi connectivity index (χ3v) is 6.28. The van der Waals surface area contributed by atoms with Gasteiger partial charge in [-0.2, -0.15) is 5.26 Å². The number of aliphatic imine (C=N–C) groups is 1. The van der Waals surface area contributed by atoms with Gasteiger partial charge in [-0.15, -0.1) is 0 Å². The molecular weight excluding hydrogens is 394 g/mol. The van der Waals surface area contributed by atoms with Crippen LogP contribution in [0, 0.1) is 28.9 Å². The van der Waals surface area contributed by atoms with Crippen LogP contribution >= 0.6 is 11.8 Å². The number of nitriles is 1. The number of pyridine rings is 2. The van der Waals surface area contributed by atoms with Crippen molar-refractivity contribution < 1.29 is 8.78 Å². The van der Waals surface area contributed by atoms with Crippen molar-refractivity contribution in [2.45, 2.75) is 17.7 Å². The van der Waals surface area contributed by atoms with Crippen LogP contribution < -0.4 is 11.1 Å². The van der Waals surface area contributed by atoms with Crippen LogP contribution in [-0.2, 0) is 0 Å². The summed E-state index contributed by atoms with van der Waals surface area (Å²) >= 11 is 1.49. The summed E-state index contributed by atoms with van der Waals surface area (Å²) in [5.41, 5.74) is 7.33. The number of hydrogen-bond donors (Lipinski definition) is 2. The lowest BCUT2D eigenvalue weighted by molar-refractivity contribution is 0.481. The molecule has 9 heteroatoms. The molecule has 3 N–H and O–H groups in total. The molecular formula is C20H14F2N6S. The maximum atomic E-state index is 14.6. The molecule has 0 bridgehead atoms. The van der Waals surface area contributed by atoms with E-state index in [-0.39, 0.29) is 11.5 Å². The number of aromatic nitrogens is 2. The van der Waals surface area contributed by atoms with Gasteiger partial charge >= 0.3 is 0 Å². The molecule has 6 nitrogen and oxygen atoms in total. The van der Waals surface area contributed by atoms with Gasteiger partial charge in [0.15, 0.2) is 22.6 Å². The average Bonchev–Trinajstić information content (AvgIpc) is 3.49. The Bertz CT molecular complexity index is 1220. The first kappa shape index (κ1) is 17.8. The van der Waals surface area contributed by atoms with Crippen LogP contribution in [0.1, 0.15) is 23.6 Å². The number of amidine groups is 1. The molecule has 29 heavy (non-hydrogen) atoms. The van der Waals surface area contributed by atoms with E-state index in [0.29, 0.717) is 38.4 Å². The first-order valence-corrected chi connectivity index (χ1v) is 9.82. The summed E-state index contributed by atoms with van der Waals surface area (Å²) in [7, 11) is 0. The lowest BCUT2D eigenvalue weighted by Gasteiger charge is -2.20. The van der Waals surface area contributed by atoms with E-state index >= 15 is 0 Å². The molecule has 1 aliphatic heterocycles. The van der Waals surface area contributed by atoms with Gasteiger partial charge in [-0.25, -0.2) is 13.8 Å². The van der Waals surface area contributed by atoms with E-state index in [9.17, 15) is 8.78 Å². The van der Waals surface area contributed by atoms with E-state index in [1.54, 1.807) is 24.4 Å². The molecule has 3 aromatic rings. The molecule has 3 unspecified atom stereocenters. The Kier molecular flexibility index (Phi) is 4.10. The molecule has 2 aliphatic rings. The molecule has 0 saturated heterocycles. The first-order chi connectivity index (χ1) is 14.0. The fraction of sp³-hybridized carbons (Fsp3) is 0.200. The Morgan fingerprint density at radius 1 is 1.24 bits per heavy atom. The van der Waals surface area contributed by atoms with Gasteiger partial charge in [-0.1, -0.05) is 11.8 Å². The predicted molar refractivity (Wildman–Crippen MR) is 108 cm³/mol. The van der Waals surface area contributed by atoms with Crippen molar-refractivity contribution in [1.82, 2.24) is 9.97 Å². The Balaban J connectivity index is 1.55. The quantitative estimate of drug-likeness (QED) is 0.679. The highest BCUT2D eigenvalue weighted by Crippen LogP contribution is 2.54. The Hall–Kier alpha value is -3.25. The van der Waals surface area contributed by atoms with Crippen LogP contribution in [0.25, 0.3) is 10.9 Å². The highest BCUT2D eigenvalue weighted by Gasteiger charge is 2.48. The van der Waals surface area contributed by atoms with Crippen LogP contribution in [0.3, 0.4) is 0 Å². The highest BCUT2D eigenvalue weighted by atomic mass is 32.2. The molecule has 1 saturated carbocycles. The summed E-state index contributed by atoms with van der Waals surface area (Å²) in [6, 6.07) is 7.60. The number of nitrogens with one attached hydrogen (secondary N) is 1. The zero-order chi connectivity index (χ0) is 20.1. The summed E-state index contributed by atoms with van der Waals surface area (Å²) in [6.45, 7) is 0. The van der Waals surface area contributed by atoms with E-state index in [1.165, 1.54) is 18.0 Å². The van der Waals surface area contributed by atoms with Gasteiger partial charge in [0.2, 0.25) is 0 Å². The number of benzene rings is 1. The lowest BCUT2D eigenvalue weighted by Crippen LogP contribution is -2.18. The average molecular weight is 408 g/mol. The van der Waals surface area contributed by atoms with Gasteiger partial charge in [0, 0.05) is 40.3 Å². The van der Waals surface area contributed by atoms with E-state index in [1.807, 2.05) is 6.07 Å². The van der Waals surface area contributed by atoms with Gasteiger partial charge in [0.1, 0.15) is 11.6 Å². The number of fused-ring (bicyclic) bond motifs is 2. The largest absolute Gasteiger partial charge is 0.379 e. The van der Waals surface area contributed by atoms with Crippen molar-refractivity contribution in [2.75, 3.05) is 5.32 Å². The number of anilines is 2. The highest BCUT2D eigenvalue weighted by molar-refractivity contribution is 8.14. The molecule has 0 amide bonds. The molecule has 5 rings (SSSR count). The Morgan fingerprint density at radius 2 is 2.10 bits per heavy atom. The lowest BCUT2D eigenvalue weighted by atomic mass is 10.0. The summed E-state index contributed by atoms with van der Waals surface area (Å²) < 4.78 is 29.0. The van der Waals surface area contributed by atoms with Gasteiger partial charge < -0.3 is 11.1 Å². The van der Waals surface area contributed by atoms with Crippen molar-refractivity contribution >= 4 is 39.3 Å². The van der Waals surface area contributed by atoms with Gasteiger partial charge in [0.25, 0.3) is 0 Å². The van der Waals surface area contributed by atoms with Crippen LogP contribution in [0.5, 0.6) is 0 Å². The normalized spacial score (nSPS) is 22.5. The summed E-state index contributed by atoms with van der Waals surface area (Å²) in [5, 5.41) is 13.5. The Labute approximate surface area is 168 Å². The van der Waals surface area contributed by atoms with Crippen molar-refractivity contribution in [3.05, 3.63) is 59.4 Å². The van der Waals surface area contributed by atoms with Gasteiger partial charge in [0.05, 0.1) is 11.6 Å². The second-order valence-electron chi connectivity index (χ2n) is 7.02. The smallest absolute Gasteiger partial charge is 0.164 e. The summed E-state index contributed by atoms with van der Waals surface area (Å²) in [6.07, 6.45) is 3.89. The number of thioether (sulfide) groups is 1. The van der Waals surface area contributed by atoms with Crippen molar-refractivity contribution in [2.24, 2.45) is 16.6 Å². The fourth-order valence-electron chi connectivity index (χ4n) is 3.62. The van der Waals surface area contributed by atoms with Gasteiger partial charge in [-0.05, 0) is 30.5 Å². The van der Waals surface area contributed by atoms with Gasteiger partial charge in [-0.3, -0.25) is 9.98 Å². The topological polar surface area (TPSA) is 100.0 Å². The predicted octanol–water partition coefficient (Wildman–Crippen LogP) is 4.01. The molecule has 1 aromatic carbocycles. The van der Waals surface area contributed by atoms with Crippen molar-refractivity contribution in [3.8, 4) is 6.07 Å². The maximum absolute atomic E-state index is 14.6. The molecule has 3 atom stereocenters. The van der Waals surface area contributed by atoms with Crippen LogP contribution in [0.4, 0.5) is 20.3 Å². The van der Waals surface area contributed by atoms with E-state index in [0.717, 1.165) is 12.5 Å². The van der Waals surface area contributed by atoms with Crippen LogP contribution in [0.15, 0.2) is 41.7 Å². The number of halogens is 2. The summed E-state index contributed by atoms with van der Waals surface area (Å²) in [4.78, 5) is 12.9. The molecule has 3 heterocycles. The molecule has 0 radical (unpaired) electrons. The molecule has 2 aromatic heterocycles.